The summed E-state index contributed by atoms with van der Waals surface area (Å²) in [6, 6.07) is 5.96. The van der Waals surface area contributed by atoms with Crippen molar-refractivity contribution < 1.29 is 19.1 Å². The second kappa shape index (κ2) is 10.8. The zero-order chi connectivity index (χ0) is 24.2. The lowest BCUT2D eigenvalue weighted by molar-refractivity contribution is -0.117. The van der Waals surface area contributed by atoms with Crippen molar-refractivity contribution in [3.63, 3.8) is 0 Å². The first-order valence-electron chi connectivity index (χ1n) is 13.2. The summed E-state index contributed by atoms with van der Waals surface area (Å²) < 4.78 is 5.43. The Bertz CT molecular complexity index is 930. The maximum absolute atomic E-state index is 13.5. The number of carbonyl (C=O) groups excluding carboxylic acids is 3. The summed E-state index contributed by atoms with van der Waals surface area (Å²) in [6.45, 7) is 4.75. The first-order valence-corrected chi connectivity index (χ1v) is 13.2. The van der Waals surface area contributed by atoms with Gasteiger partial charge in [0, 0.05) is 62.6 Å². The summed E-state index contributed by atoms with van der Waals surface area (Å²) in [7, 11) is 0. The Morgan fingerprint density at radius 2 is 1.54 bits per heavy atom. The Labute approximate surface area is 207 Å². The van der Waals surface area contributed by atoms with Crippen LogP contribution in [0.5, 0.6) is 0 Å². The number of piperazine rings is 1. The number of urea groups is 1. The lowest BCUT2D eigenvalue weighted by Gasteiger charge is -2.38. The Morgan fingerprint density at radius 3 is 2.23 bits per heavy atom. The zero-order valence-electron chi connectivity index (χ0n) is 20.5. The van der Waals surface area contributed by atoms with Crippen LogP contribution in [-0.4, -0.2) is 86.2 Å². The molecule has 0 atom stereocenters. The molecule has 4 fully saturated rings. The largest absolute Gasteiger partial charge is 0.378 e. The van der Waals surface area contributed by atoms with Crippen molar-refractivity contribution in [2.75, 3.05) is 62.7 Å². The number of hydrogen-bond donors (Lipinski definition) is 2. The highest BCUT2D eigenvalue weighted by Crippen LogP contribution is 2.32. The minimum absolute atomic E-state index is 0.0271. The van der Waals surface area contributed by atoms with Gasteiger partial charge in [-0.25, -0.2) is 4.79 Å². The number of ether oxygens (including phenoxy) is 1. The summed E-state index contributed by atoms with van der Waals surface area (Å²) >= 11 is 0. The van der Waals surface area contributed by atoms with Gasteiger partial charge in [0.1, 0.15) is 0 Å². The molecule has 2 aliphatic heterocycles. The number of carbonyl (C=O) groups is 3. The average molecular weight is 484 g/mol. The van der Waals surface area contributed by atoms with Crippen molar-refractivity contribution in [2.45, 2.75) is 51.0 Å². The van der Waals surface area contributed by atoms with Gasteiger partial charge in [0.15, 0.2) is 0 Å². The van der Waals surface area contributed by atoms with Gasteiger partial charge in [-0.05, 0) is 43.9 Å². The van der Waals surface area contributed by atoms with Crippen LogP contribution in [0, 0.1) is 5.92 Å². The Kier molecular flexibility index (Phi) is 7.41. The topological polar surface area (TPSA) is 94.2 Å². The molecule has 2 N–H and O–H groups in total. The fraction of sp³-hybridized carbons (Fsp3) is 0.654. The smallest absolute Gasteiger partial charge is 0.317 e. The Morgan fingerprint density at radius 1 is 0.829 bits per heavy atom. The molecule has 4 aliphatic rings. The normalized spacial score (nSPS) is 21.5. The second-order valence-electron chi connectivity index (χ2n) is 10.2. The van der Waals surface area contributed by atoms with E-state index in [1.54, 1.807) is 0 Å². The van der Waals surface area contributed by atoms with Crippen LogP contribution in [0.1, 0.15) is 55.3 Å². The van der Waals surface area contributed by atoms with Gasteiger partial charge < -0.3 is 30.1 Å². The van der Waals surface area contributed by atoms with Crippen molar-refractivity contribution in [2.24, 2.45) is 5.92 Å². The van der Waals surface area contributed by atoms with Crippen LogP contribution in [0.15, 0.2) is 18.2 Å². The number of amides is 4. The Hall–Kier alpha value is -2.81. The van der Waals surface area contributed by atoms with Crippen molar-refractivity contribution in [1.29, 1.82) is 0 Å². The summed E-state index contributed by atoms with van der Waals surface area (Å²) in [5.74, 6) is 0.0873. The van der Waals surface area contributed by atoms with Crippen LogP contribution in [0.3, 0.4) is 0 Å². The number of anilines is 2. The fourth-order valence-corrected chi connectivity index (χ4v) is 5.25. The summed E-state index contributed by atoms with van der Waals surface area (Å²) in [5, 5.41) is 6.19. The molecule has 2 aliphatic carbocycles. The maximum Gasteiger partial charge on any atom is 0.317 e. The van der Waals surface area contributed by atoms with Crippen LogP contribution in [-0.2, 0) is 9.53 Å². The van der Waals surface area contributed by atoms with Crippen molar-refractivity contribution in [3.8, 4) is 0 Å². The Balaban J connectivity index is 1.27. The first-order chi connectivity index (χ1) is 17.1. The summed E-state index contributed by atoms with van der Waals surface area (Å²) in [5.41, 5.74) is 2.12. The molecule has 0 spiro atoms. The molecule has 190 valence electrons. The molecule has 5 rings (SSSR count). The molecule has 0 radical (unpaired) electrons. The molecule has 2 heterocycles. The van der Waals surface area contributed by atoms with Crippen LogP contribution in [0.4, 0.5) is 16.2 Å². The number of nitrogens with zero attached hydrogens (tertiary/aromatic N) is 3. The second-order valence-corrected chi connectivity index (χ2v) is 10.2. The standard InChI is InChI=1S/C26H37N5O4/c32-24(19-6-7-19)27-21-8-9-23(22(18-21)25(33)30-14-16-35-17-15-30)29-10-12-31(13-11-29)26(34)28-20-4-2-1-3-5-20/h8-9,18-20H,1-7,10-17H2,(H,27,32)(H,28,34). The van der Waals surface area contributed by atoms with Gasteiger partial charge in [0.25, 0.3) is 5.91 Å². The highest BCUT2D eigenvalue weighted by molar-refractivity contribution is 6.02. The van der Waals surface area contributed by atoms with E-state index in [-0.39, 0.29) is 23.8 Å². The van der Waals surface area contributed by atoms with Crippen LogP contribution in [0.2, 0.25) is 0 Å². The molecule has 35 heavy (non-hydrogen) atoms. The predicted octanol–water partition coefficient (Wildman–Crippen LogP) is 2.67. The predicted molar refractivity (Wildman–Crippen MR) is 134 cm³/mol. The quantitative estimate of drug-likeness (QED) is 0.672. The van der Waals surface area contributed by atoms with Crippen molar-refractivity contribution in [3.05, 3.63) is 23.8 Å². The highest BCUT2D eigenvalue weighted by atomic mass is 16.5. The van der Waals surface area contributed by atoms with E-state index in [4.69, 9.17) is 4.74 Å². The van der Waals surface area contributed by atoms with Gasteiger partial charge >= 0.3 is 6.03 Å². The van der Waals surface area contributed by atoms with E-state index >= 15 is 0 Å². The molecule has 4 amide bonds. The lowest BCUT2D eigenvalue weighted by Crippen LogP contribution is -2.54. The van der Waals surface area contributed by atoms with E-state index in [1.807, 2.05) is 28.0 Å². The van der Waals surface area contributed by atoms with E-state index in [0.29, 0.717) is 69.8 Å². The molecule has 1 aromatic rings. The van der Waals surface area contributed by atoms with Gasteiger partial charge in [-0.2, -0.15) is 0 Å². The van der Waals surface area contributed by atoms with E-state index in [0.717, 1.165) is 31.4 Å². The van der Waals surface area contributed by atoms with Gasteiger partial charge in [-0.3, -0.25) is 9.59 Å². The zero-order valence-corrected chi connectivity index (χ0v) is 20.5. The van der Waals surface area contributed by atoms with Gasteiger partial charge in [-0.15, -0.1) is 0 Å². The molecule has 0 aromatic heterocycles. The van der Waals surface area contributed by atoms with Crippen molar-refractivity contribution in [1.82, 2.24) is 15.1 Å². The highest BCUT2D eigenvalue weighted by Gasteiger charge is 2.31. The molecule has 9 heteroatoms. The van der Waals surface area contributed by atoms with Gasteiger partial charge in [0.2, 0.25) is 5.91 Å². The third-order valence-corrected chi connectivity index (χ3v) is 7.58. The maximum atomic E-state index is 13.5. The molecular formula is C26H37N5O4. The number of nitrogens with one attached hydrogen (secondary N) is 2. The van der Waals surface area contributed by atoms with E-state index in [1.165, 1.54) is 19.3 Å². The van der Waals surface area contributed by atoms with Crippen LogP contribution in [0.25, 0.3) is 0 Å². The molecule has 2 saturated carbocycles. The van der Waals surface area contributed by atoms with Crippen molar-refractivity contribution >= 4 is 29.2 Å². The average Bonchev–Trinajstić information content (AvgIpc) is 3.75. The molecule has 0 unspecified atom stereocenters. The molecule has 2 saturated heterocycles. The van der Waals surface area contributed by atoms with E-state index in [9.17, 15) is 14.4 Å². The summed E-state index contributed by atoms with van der Waals surface area (Å²) in [4.78, 5) is 44.5. The third kappa shape index (κ3) is 5.89. The summed E-state index contributed by atoms with van der Waals surface area (Å²) in [6.07, 6.45) is 7.65. The minimum Gasteiger partial charge on any atom is -0.378 e. The molecule has 9 nitrogen and oxygen atoms in total. The number of benzene rings is 1. The number of hydrogen-bond acceptors (Lipinski definition) is 5. The van der Waals surface area contributed by atoms with E-state index in [2.05, 4.69) is 15.5 Å². The van der Waals surface area contributed by atoms with Gasteiger partial charge in [-0.1, -0.05) is 19.3 Å². The van der Waals surface area contributed by atoms with Crippen LogP contribution < -0.4 is 15.5 Å². The molecular weight excluding hydrogens is 446 g/mol. The first kappa shape index (κ1) is 23.9. The molecule has 1 aromatic carbocycles. The SMILES string of the molecule is O=C(Nc1ccc(N2CCN(C(=O)NC3CCCCC3)CC2)c(C(=O)N2CCOCC2)c1)C1CC1. The number of morpholine rings is 1. The third-order valence-electron chi connectivity index (χ3n) is 7.58. The lowest BCUT2D eigenvalue weighted by atomic mass is 9.96. The monoisotopic (exact) mass is 483 g/mol. The van der Waals surface area contributed by atoms with Gasteiger partial charge in [0.05, 0.1) is 18.8 Å². The number of rotatable bonds is 5. The minimum atomic E-state index is -0.0386. The molecule has 0 bridgehead atoms. The van der Waals surface area contributed by atoms with Crippen LogP contribution >= 0.6 is 0 Å². The fourth-order valence-electron chi connectivity index (χ4n) is 5.25. The van der Waals surface area contributed by atoms with E-state index < -0.39 is 0 Å².